The Kier molecular flexibility index (Phi) is 5.22. The van der Waals surface area contributed by atoms with E-state index in [1.807, 2.05) is 44.2 Å². The van der Waals surface area contributed by atoms with Crippen LogP contribution in [0.3, 0.4) is 0 Å². The number of nitrogens with two attached hydrogens (primary N) is 1. The van der Waals surface area contributed by atoms with Crippen molar-refractivity contribution in [3.63, 3.8) is 0 Å². The van der Waals surface area contributed by atoms with Gasteiger partial charge < -0.3 is 11.1 Å². The summed E-state index contributed by atoms with van der Waals surface area (Å²) in [6.07, 6.45) is 4.66. The molecular formula is C17H22N4O. The molecule has 0 atom stereocenters. The van der Waals surface area contributed by atoms with Gasteiger partial charge in [0.25, 0.3) is 0 Å². The van der Waals surface area contributed by atoms with Gasteiger partial charge in [0.1, 0.15) is 0 Å². The first-order valence-corrected chi connectivity index (χ1v) is 7.54. The maximum Gasteiger partial charge on any atom is 0.231 e. The molecule has 0 aliphatic heterocycles. The molecule has 22 heavy (non-hydrogen) atoms. The molecule has 2 rings (SSSR count). The third-order valence-electron chi connectivity index (χ3n) is 4.17. The molecule has 3 N–H and O–H groups in total. The molecule has 0 spiro atoms. The number of hydrogen-bond acceptors (Lipinski definition) is 4. The Morgan fingerprint density at radius 2 is 1.73 bits per heavy atom. The van der Waals surface area contributed by atoms with Gasteiger partial charge in [-0.05, 0) is 12.8 Å². The maximum atomic E-state index is 12.4. The molecule has 1 heterocycles. The molecule has 0 aliphatic rings. The topological polar surface area (TPSA) is 80.9 Å². The van der Waals surface area contributed by atoms with Crippen LogP contribution in [-0.4, -0.2) is 22.4 Å². The number of rotatable bonds is 6. The highest BCUT2D eigenvalue weighted by atomic mass is 16.2. The van der Waals surface area contributed by atoms with Crippen LogP contribution in [0, 0.1) is 5.41 Å². The molecule has 1 amide bonds. The van der Waals surface area contributed by atoms with Crippen LogP contribution in [0.4, 0.5) is 5.69 Å². The zero-order chi connectivity index (χ0) is 16.0. The van der Waals surface area contributed by atoms with Crippen LogP contribution in [0.2, 0.25) is 0 Å². The first-order chi connectivity index (χ1) is 10.6. The highest BCUT2D eigenvalue weighted by Crippen LogP contribution is 2.26. The van der Waals surface area contributed by atoms with Crippen LogP contribution in [0.25, 0.3) is 11.4 Å². The quantitative estimate of drug-likeness (QED) is 0.859. The second kappa shape index (κ2) is 7.13. The molecule has 1 aromatic carbocycles. The summed E-state index contributed by atoms with van der Waals surface area (Å²) in [4.78, 5) is 21.0. The summed E-state index contributed by atoms with van der Waals surface area (Å²) in [6, 6.07) is 9.71. The first kappa shape index (κ1) is 16.1. The number of benzene rings is 1. The van der Waals surface area contributed by atoms with Gasteiger partial charge in [-0.1, -0.05) is 44.2 Å². The third kappa shape index (κ3) is 3.31. The van der Waals surface area contributed by atoms with E-state index < -0.39 is 5.41 Å². The lowest BCUT2D eigenvalue weighted by atomic mass is 9.81. The van der Waals surface area contributed by atoms with Gasteiger partial charge in [-0.25, -0.2) is 9.97 Å². The zero-order valence-electron chi connectivity index (χ0n) is 13.0. The lowest BCUT2D eigenvalue weighted by molar-refractivity contribution is -0.125. The average molecular weight is 298 g/mol. The molecule has 1 aromatic heterocycles. The molecule has 116 valence electrons. The summed E-state index contributed by atoms with van der Waals surface area (Å²) in [5.41, 5.74) is 6.79. The molecule has 0 fully saturated rings. The molecule has 0 bridgehead atoms. The van der Waals surface area contributed by atoms with E-state index in [1.54, 1.807) is 12.4 Å². The normalized spacial score (nSPS) is 11.2. The lowest BCUT2D eigenvalue weighted by Crippen LogP contribution is -2.41. The highest BCUT2D eigenvalue weighted by Gasteiger charge is 2.33. The standard InChI is InChI=1S/C17H22N4O/c1-3-17(4-2,12-18)16(22)21-14-10-19-15(20-11-14)13-8-6-5-7-9-13/h5-11H,3-4,12,18H2,1-2H3,(H,21,22). The fourth-order valence-electron chi connectivity index (χ4n) is 2.35. The Balaban J connectivity index is 2.13. The van der Waals surface area contributed by atoms with Gasteiger partial charge in [0.05, 0.1) is 23.5 Å². The lowest BCUT2D eigenvalue weighted by Gasteiger charge is -2.28. The van der Waals surface area contributed by atoms with Crippen molar-refractivity contribution in [1.82, 2.24) is 9.97 Å². The van der Waals surface area contributed by atoms with E-state index in [0.29, 0.717) is 30.9 Å². The smallest absolute Gasteiger partial charge is 0.231 e. The van der Waals surface area contributed by atoms with E-state index in [9.17, 15) is 4.79 Å². The van der Waals surface area contributed by atoms with Gasteiger partial charge in [0, 0.05) is 12.1 Å². The molecule has 5 heteroatoms. The number of nitrogens with one attached hydrogen (secondary N) is 1. The van der Waals surface area contributed by atoms with Crippen LogP contribution < -0.4 is 11.1 Å². The van der Waals surface area contributed by atoms with E-state index >= 15 is 0 Å². The number of anilines is 1. The maximum absolute atomic E-state index is 12.4. The SMILES string of the molecule is CCC(CC)(CN)C(=O)Nc1cnc(-c2ccccc2)nc1. The number of hydrogen-bond donors (Lipinski definition) is 2. The Labute approximate surface area is 131 Å². The zero-order valence-corrected chi connectivity index (χ0v) is 13.0. The summed E-state index contributed by atoms with van der Waals surface area (Å²) < 4.78 is 0. The number of carbonyl (C=O) groups is 1. The van der Waals surface area contributed by atoms with Gasteiger partial charge >= 0.3 is 0 Å². The molecule has 0 saturated carbocycles. The Bertz CT molecular complexity index is 598. The van der Waals surface area contributed by atoms with Gasteiger partial charge in [-0.15, -0.1) is 0 Å². The van der Waals surface area contributed by atoms with Crippen molar-refractivity contribution in [2.24, 2.45) is 11.1 Å². The highest BCUT2D eigenvalue weighted by molar-refractivity contribution is 5.95. The van der Waals surface area contributed by atoms with E-state index in [-0.39, 0.29) is 5.91 Å². The second-order valence-electron chi connectivity index (χ2n) is 5.31. The number of amides is 1. The van der Waals surface area contributed by atoms with Crippen LogP contribution in [0.5, 0.6) is 0 Å². The molecule has 5 nitrogen and oxygen atoms in total. The summed E-state index contributed by atoms with van der Waals surface area (Å²) in [6.45, 7) is 4.28. The van der Waals surface area contributed by atoms with E-state index in [0.717, 1.165) is 5.56 Å². The Morgan fingerprint density at radius 1 is 1.14 bits per heavy atom. The first-order valence-electron chi connectivity index (χ1n) is 7.54. The van der Waals surface area contributed by atoms with Crippen molar-refractivity contribution in [3.8, 4) is 11.4 Å². The molecule has 2 aromatic rings. The largest absolute Gasteiger partial charge is 0.329 e. The molecule has 0 unspecified atom stereocenters. The van der Waals surface area contributed by atoms with Crippen molar-refractivity contribution < 1.29 is 4.79 Å². The summed E-state index contributed by atoms with van der Waals surface area (Å²) in [5.74, 6) is 0.561. The molecule has 0 aliphatic carbocycles. The molecule has 0 radical (unpaired) electrons. The summed E-state index contributed by atoms with van der Waals surface area (Å²) in [5, 5.41) is 2.87. The number of carbonyl (C=O) groups excluding carboxylic acids is 1. The van der Waals surface area contributed by atoms with Crippen LogP contribution in [0.15, 0.2) is 42.7 Å². The van der Waals surface area contributed by atoms with Gasteiger partial charge in [-0.2, -0.15) is 0 Å². The van der Waals surface area contributed by atoms with E-state index in [1.165, 1.54) is 0 Å². The molecular weight excluding hydrogens is 276 g/mol. The van der Waals surface area contributed by atoms with Gasteiger partial charge in [0.15, 0.2) is 5.82 Å². The Morgan fingerprint density at radius 3 is 2.23 bits per heavy atom. The second-order valence-corrected chi connectivity index (χ2v) is 5.31. The Hall–Kier alpha value is -2.27. The third-order valence-corrected chi connectivity index (χ3v) is 4.17. The van der Waals surface area contributed by atoms with Gasteiger partial charge in [0.2, 0.25) is 5.91 Å². The predicted molar refractivity (Wildman–Crippen MR) is 88.2 cm³/mol. The van der Waals surface area contributed by atoms with Crippen LogP contribution in [-0.2, 0) is 4.79 Å². The van der Waals surface area contributed by atoms with Crippen molar-refractivity contribution in [3.05, 3.63) is 42.7 Å². The molecule has 0 saturated heterocycles. The number of nitrogens with zero attached hydrogens (tertiary/aromatic N) is 2. The minimum absolute atomic E-state index is 0.0731. The number of aromatic nitrogens is 2. The van der Waals surface area contributed by atoms with Crippen LogP contribution >= 0.6 is 0 Å². The van der Waals surface area contributed by atoms with Crippen molar-refractivity contribution in [2.45, 2.75) is 26.7 Å². The van der Waals surface area contributed by atoms with Crippen molar-refractivity contribution >= 4 is 11.6 Å². The fraction of sp³-hybridized carbons (Fsp3) is 0.353. The van der Waals surface area contributed by atoms with Crippen molar-refractivity contribution in [1.29, 1.82) is 0 Å². The average Bonchev–Trinajstić information content (AvgIpc) is 2.58. The van der Waals surface area contributed by atoms with Crippen molar-refractivity contribution in [2.75, 3.05) is 11.9 Å². The minimum atomic E-state index is -0.530. The monoisotopic (exact) mass is 298 g/mol. The van der Waals surface area contributed by atoms with E-state index in [4.69, 9.17) is 5.73 Å². The minimum Gasteiger partial charge on any atom is -0.329 e. The van der Waals surface area contributed by atoms with E-state index in [2.05, 4.69) is 15.3 Å². The van der Waals surface area contributed by atoms with Crippen LogP contribution in [0.1, 0.15) is 26.7 Å². The summed E-state index contributed by atoms with van der Waals surface area (Å²) in [7, 11) is 0. The fourth-order valence-corrected chi connectivity index (χ4v) is 2.35. The predicted octanol–water partition coefficient (Wildman–Crippen LogP) is 2.85. The summed E-state index contributed by atoms with van der Waals surface area (Å²) >= 11 is 0. The van der Waals surface area contributed by atoms with Gasteiger partial charge in [-0.3, -0.25) is 4.79 Å².